The van der Waals surface area contributed by atoms with Crippen molar-refractivity contribution in [3.8, 4) is 0 Å². The number of aliphatic hydroxyl groups excluding tert-OH is 1. The molecule has 0 unspecified atom stereocenters. The van der Waals surface area contributed by atoms with Crippen LogP contribution in [-0.2, 0) is 0 Å². The number of nitrogens with one attached hydrogen (secondary N) is 1. The Hall–Kier alpha value is -0.0800. The summed E-state index contributed by atoms with van der Waals surface area (Å²) >= 11 is 0. The van der Waals surface area contributed by atoms with E-state index in [9.17, 15) is 0 Å². The zero-order chi connectivity index (χ0) is 7.40. The van der Waals surface area contributed by atoms with E-state index in [1.807, 2.05) is 0 Å². The van der Waals surface area contributed by atoms with Crippen molar-refractivity contribution in [2.24, 2.45) is 5.92 Å². The second-order valence-corrected chi connectivity index (χ2v) is 3.12. The summed E-state index contributed by atoms with van der Waals surface area (Å²) in [7, 11) is 0. The Balaban J connectivity index is 1.93. The molecule has 0 heterocycles. The Labute approximate surface area is 62.6 Å². The maximum atomic E-state index is 8.50. The van der Waals surface area contributed by atoms with Crippen LogP contribution in [0.1, 0.15) is 26.2 Å². The molecule has 2 N–H and O–H groups in total. The molecule has 0 aliphatic heterocycles. The molecule has 60 valence electrons. The van der Waals surface area contributed by atoms with Crippen LogP contribution in [0.25, 0.3) is 0 Å². The Bertz CT molecular complexity index is 86.5. The number of hydrogen-bond acceptors (Lipinski definition) is 2. The van der Waals surface area contributed by atoms with Crippen molar-refractivity contribution >= 4 is 0 Å². The molecule has 0 amide bonds. The highest BCUT2D eigenvalue weighted by Gasteiger charge is 2.26. The van der Waals surface area contributed by atoms with E-state index in [1.54, 1.807) is 0 Å². The molecule has 0 bridgehead atoms. The van der Waals surface area contributed by atoms with Gasteiger partial charge in [-0.25, -0.2) is 0 Å². The zero-order valence-corrected chi connectivity index (χ0v) is 6.64. The standard InChI is InChI=1S/C8H17NO/c1-2-7-5-8(6-7)9-3-4-10/h7-10H,2-6H2,1H3. The molecule has 1 aliphatic carbocycles. The van der Waals surface area contributed by atoms with E-state index in [2.05, 4.69) is 12.2 Å². The first-order chi connectivity index (χ1) is 4.86. The van der Waals surface area contributed by atoms with Gasteiger partial charge in [-0.15, -0.1) is 0 Å². The van der Waals surface area contributed by atoms with Gasteiger partial charge in [0.2, 0.25) is 0 Å². The Kier molecular flexibility index (Phi) is 3.16. The molecule has 0 saturated heterocycles. The van der Waals surface area contributed by atoms with Crippen molar-refractivity contribution in [2.45, 2.75) is 32.2 Å². The summed E-state index contributed by atoms with van der Waals surface area (Å²) in [5, 5.41) is 11.8. The second kappa shape index (κ2) is 3.94. The normalized spacial score (nSPS) is 31.8. The predicted octanol–water partition coefficient (Wildman–Crippen LogP) is 0.757. The minimum atomic E-state index is 0.271. The third kappa shape index (κ3) is 1.96. The van der Waals surface area contributed by atoms with E-state index >= 15 is 0 Å². The largest absolute Gasteiger partial charge is 0.395 e. The van der Waals surface area contributed by atoms with Gasteiger partial charge in [0.05, 0.1) is 6.61 Å². The van der Waals surface area contributed by atoms with Gasteiger partial charge in [-0.1, -0.05) is 13.3 Å². The Morgan fingerprint density at radius 3 is 2.70 bits per heavy atom. The van der Waals surface area contributed by atoms with Crippen LogP contribution in [0.4, 0.5) is 0 Å². The highest BCUT2D eigenvalue weighted by Crippen LogP contribution is 2.29. The van der Waals surface area contributed by atoms with Crippen LogP contribution in [0.15, 0.2) is 0 Å². The first-order valence-corrected chi connectivity index (χ1v) is 4.21. The number of hydrogen-bond donors (Lipinski definition) is 2. The van der Waals surface area contributed by atoms with E-state index < -0.39 is 0 Å². The average molecular weight is 143 g/mol. The van der Waals surface area contributed by atoms with Gasteiger partial charge in [0.15, 0.2) is 0 Å². The summed E-state index contributed by atoms with van der Waals surface area (Å²) in [4.78, 5) is 0. The van der Waals surface area contributed by atoms with E-state index in [4.69, 9.17) is 5.11 Å². The van der Waals surface area contributed by atoms with Crippen LogP contribution in [0.2, 0.25) is 0 Å². The molecule has 10 heavy (non-hydrogen) atoms. The summed E-state index contributed by atoms with van der Waals surface area (Å²) in [6.07, 6.45) is 3.95. The molecule has 0 radical (unpaired) electrons. The van der Waals surface area contributed by atoms with Crippen molar-refractivity contribution in [1.82, 2.24) is 5.32 Å². The molecule has 2 heteroatoms. The molecule has 0 aromatic carbocycles. The number of aliphatic hydroxyl groups is 1. The molecule has 1 rings (SSSR count). The number of rotatable bonds is 4. The molecule has 1 saturated carbocycles. The van der Waals surface area contributed by atoms with Gasteiger partial charge < -0.3 is 10.4 Å². The quantitative estimate of drug-likeness (QED) is 0.609. The summed E-state index contributed by atoms with van der Waals surface area (Å²) in [6, 6.07) is 0.706. The van der Waals surface area contributed by atoms with Gasteiger partial charge >= 0.3 is 0 Å². The van der Waals surface area contributed by atoms with E-state index in [1.165, 1.54) is 19.3 Å². The van der Waals surface area contributed by atoms with Crippen LogP contribution in [0.3, 0.4) is 0 Å². The van der Waals surface area contributed by atoms with E-state index in [0.717, 1.165) is 12.5 Å². The van der Waals surface area contributed by atoms with Gasteiger partial charge in [0.1, 0.15) is 0 Å². The average Bonchev–Trinajstić information content (AvgIpc) is 1.86. The molecule has 0 aromatic heterocycles. The van der Waals surface area contributed by atoms with E-state index in [-0.39, 0.29) is 6.61 Å². The lowest BCUT2D eigenvalue weighted by Crippen LogP contribution is -2.42. The topological polar surface area (TPSA) is 32.3 Å². The van der Waals surface area contributed by atoms with Crippen LogP contribution in [0, 0.1) is 5.92 Å². The summed E-state index contributed by atoms with van der Waals surface area (Å²) in [5.74, 6) is 0.955. The molecule has 0 atom stereocenters. The summed E-state index contributed by atoms with van der Waals surface area (Å²) in [5.41, 5.74) is 0. The third-order valence-electron chi connectivity index (χ3n) is 2.36. The highest BCUT2D eigenvalue weighted by molar-refractivity contribution is 4.83. The maximum Gasteiger partial charge on any atom is 0.0556 e. The molecule has 0 aromatic rings. The first-order valence-electron chi connectivity index (χ1n) is 4.21. The molecule has 0 spiro atoms. The van der Waals surface area contributed by atoms with Crippen molar-refractivity contribution in [2.75, 3.05) is 13.2 Å². The fourth-order valence-electron chi connectivity index (χ4n) is 1.50. The van der Waals surface area contributed by atoms with Crippen molar-refractivity contribution < 1.29 is 5.11 Å². The molecule has 1 aliphatic rings. The maximum absolute atomic E-state index is 8.50. The second-order valence-electron chi connectivity index (χ2n) is 3.12. The fourth-order valence-corrected chi connectivity index (χ4v) is 1.50. The minimum absolute atomic E-state index is 0.271. The van der Waals surface area contributed by atoms with Crippen molar-refractivity contribution in [3.63, 3.8) is 0 Å². The van der Waals surface area contributed by atoms with Crippen molar-refractivity contribution in [1.29, 1.82) is 0 Å². The SMILES string of the molecule is CCC1CC(NCCO)C1. The molecular formula is C8H17NO. The Morgan fingerprint density at radius 2 is 2.20 bits per heavy atom. The predicted molar refractivity (Wildman–Crippen MR) is 41.9 cm³/mol. The zero-order valence-electron chi connectivity index (χ0n) is 6.64. The van der Waals surface area contributed by atoms with Gasteiger partial charge in [-0.05, 0) is 18.8 Å². The summed E-state index contributed by atoms with van der Waals surface area (Å²) in [6.45, 7) is 3.28. The third-order valence-corrected chi connectivity index (χ3v) is 2.36. The van der Waals surface area contributed by atoms with Gasteiger partial charge in [-0.3, -0.25) is 0 Å². The summed E-state index contributed by atoms with van der Waals surface area (Å²) < 4.78 is 0. The fraction of sp³-hybridized carbons (Fsp3) is 1.00. The smallest absolute Gasteiger partial charge is 0.0556 e. The lowest BCUT2D eigenvalue weighted by molar-refractivity contribution is 0.199. The first kappa shape index (κ1) is 8.02. The van der Waals surface area contributed by atoms with Crippen LogP contribution in [0.5, 0.6) is 0 Å². The van der Waals surface area contributed by atoms with Gasteiger partial charge in [-0.2, -0.15) is 0 Å². The van der Waals surface area contributed by atoms with Crippen LogP contribution in [-0.4, -0.2) is 24.3 Å². The lowest BCUT2D eigenvalue weighted by Gasteiger charge is -2.35. The molecular weight excluding hydrogens is 126 g/mol. The molecule has 2 nitrogen and oxygen atoms in total. The lowest BCUT2D eigenvalue weighted by atomic mass is 9.79. The monoisotopic (exact) mass is 143 g/mol. The highest BCUT2D eigenvalue weighted by atomic mass is 16.3. The van der Waals surface area contributed by atoms with Gasteiger partial charge in [0.25, 0.3) is 0 Å². The van der Waals surface area contributed by atoms with Crippen LogP contribution < -0.4 is 5.32 Å². The van der Waals surface area contributed by atoms with Crippen molar-refractivity contribution in [3.05, 3.63) is 0 Å². The van der Waals surface area contributed by atoms with Crippen LogP contribution >= 0.6 is 0 Å². The van der Waals surface area contributed by atoms with E-state index in [0.29, 0.717) is 6.04 Å². The van der Waals surface area contributed by atoms with Gasteiger partial charge in [0, 0.05) is 12.6 Å². The minimum Gasteiger partial charge on any atom is -0.395 e. The molecule has 1 fully saturated rings. The Morgan fingerprint density at radius 1 is 1.50 bits per heavy atom.